The Morgan fingerprint density at radius 2 is 1.80 bits per heavy atom. The minimum Gasteiger partial charge on any atom is -0.450 e. The maximum absolute atomic E-state index is 12.5. The summed E-state index contributed by atoms with van der Waals surface area (Å²) < 4.78 is 4.93. The van der Waals surface area contributed by atoms with Crippen molar-refractivity contribution in [2.24, 2.45) is 0 Å². The van der Waals surface area contributed by atoms with Gasteiger partial charge in [0.05, 0.1) is 28.9 Å². The molecule has 1 unspecified atom stereocenters. The predicted molar refractivity (Wildman–Crippen MR) is 138 cm³/mol. The van der Waals surface area contributed by atoms with E-state index in [4.69, 9.17) is 9.72 Å². The molecule has 0 saturated carbocycles. The van der Waals surface area contributed by atoms with Crippen LogP contribution in [0.4, 0.5) is 21.9 Å². The van der Waals surface area contributed by atoms with Crippen LogP contribution in [0.5, 0.6) is 0 Å². The lowest BCUT2D eigenvalue weighted by Gasteiger charge is -2.20. The Morgan fingerprint density at radius 3 is 2.54 bits per heavy atom. The van der Waals surface area contributed by atoms with E-state index in [9.17, 15) is 14.7 Å². The van der Waals surface area contributed by atoms with Crippen LogP contribution < -0.4 is 21.3 Å². The summed E-state index contributed by atoms with van der Waals surface area (Å²) in [4.78, 5) is 29.1. The first-order valence-electron chi connectivity index (χ1n) is 11.2. The number of aromatic nitrogens is 1. The van der Waals surface area contributed by atoms with Crippen LogP contribution in [0.2, 0.25) is 0 Å². The SMILES string of the molecule is CCOC(=O)Nc1cccc(C(O)Nc2c3cc(NC)ccc3nc3c(C(=O)NC)cccc23)c1. The Bertz CT molecular complexity index is 1410. The molecule has 9 heteroatoms. The second kappa shape index (κ2) is 10.3. The maximum atomic E-state index is 12.5. The zero-order chi connectivity index (χ0) is 24.9. The molecule has 2 amide bonds. The molecule has 9 nitrogen and oxygen atoms in total. The van der Waals surface area contributed by atoms with Crippen LogP contribution in [0.1, 0.15) is 29.1 Å². The number of hydrogen-bond donors (Lipinski definition) is 5. The van der Waals surface area contributed by atoms with Crippen LogP contribution in [0, 0.1) is 0 Å². The highest BCUT2D eigenvalue weighted by Crippen LogP contribution is 2.36. The Hall–Kier alpha value is -4.37. The molecule has 0 fully saturated rings. The van der Waals surface area contributed by atoms with Crippen molar-refractivity contribution in [3.63, 3.8) is 0 Å². The van der Waals surface area contributed by atoms with Crippen LogP contribution in [-0.2, 0) is 4.74 Å². The molecule has 1 heterocycles. The molecule has 4 rings (SSSR count). The minimum atomic E-state index is -1.12. The summed E-state index contributed by atoms with van der Waals surface area (Å²) in [5.74, 6) is -0.251. The molecule has 35 heavy (non-hydrogen) atoms. The smallest absolute Gasteiger partial charge is 0.411 e. The maximum Gasteiger partial charge on any atom is 0.411 e. The predicted octanol–water partition coefficient (Wildman–Crippen LogP) is 4.46. The summed E-state index contributed by atoms with van der Waals surface area (Å²) in [6.07, 6.45) is -1.69. The third kappa shape index (κ3) is 4.95. The van der Waals surface area contributed by atoms with E-state index in [0.29, 0.717) is 38.9 Å². The first kappa shape index (κ1) is 23.8. The van der Waals surface area contributed by atoms with E-state index in [1.807, 2.05) is 31.3 Å². The van der Waals surface area contributed by atoms with E-state index in [1.165, 1.54) is 0 Å². The summed E-state index contributed by atoms with van der Waals surface area (Å²) in [5, 5.41) is 24.2. The highest BCUT2D eigenvalue weighted by Gasteiger charge is 2.18. The van der Waals surface area contributed by atoms with Crippen molar-refractivity contribution in [1.82, 2.24) is 10.3 Å². The molecule has 0 aliphatic rings. The van der Waals surface area contributed by atoms with Crippen molar-refractivity contribution in [3.8, 4) is 0 Å². The average Bonchev–Trinajstić information content (AvgIpc) is 2.87. The summed E-state index contributed by atoms with van der Waals surface area (Å²) in [6, 6.07) is 17.9. The summed E-state index contributed by atoms with van der Waals surface area (Å²) in [6.45, 7) is 1.98. The molecule has 4 aromatic rings. The van der Waals surface area contributed by atoms with Gasteiger partial charge in [-0.25, -0.2) is 9.78 Å². The van der Waals surface area contributed by atoms with Gasteiger partial charge in [-0.3, -0.25) is 10.1 Å². The van der Waals surface area contributed by atoms with Gasteiger partial charge in [-0.1, -0.05) is 24.3 Å². The minimum absolute atomic E-state index is 0.251. The number of nitrogens with one attached hydrogen (secondary N) is 4. The van der Waals surface area contributed by atoms with Gasteiger partial charge >= 0.3 is 6.09 Å². The highest BCUT2D eigenvalue weighted by atomic mass is 16.5. The van der Waals surface area contributed by atoms with Gasteiger partial charge in [0, 0.05) is 41.8 Å². The molecule has 0 bridgehead atoms. The Labute approximate surface area is 202 Å². The van der Waals surface area contributed by atoms with Crippen LogP contribution in [0.25, 0.3) is 21.8 Å². The van der Waals surface area contributed by atoms with E-state index >= 15 is 0 Å². The lowest BCUT2D eigenvalue weighted by molar-refractivity contribution is 0.0964. The molecule has 0 radical (unpaired) electrons. The number of pyridine rings is 1. The van der Waals surface area contributed by atoms with E-state index in [0.717, 1.165) is 11.1 Å². The van der Waals surface area contributed by atoms with Crippen molar-refractivity contribution in [3.05, 3.63) is 71.8 Å². The summed E-state index contributed by atoms with van der Waals surface area (Å²) in [7, 11) is 3.39. The van der Waals surface area contributed by atoms with E-state index in [1.54, 1.807) is 50.4 Å². The van der Waals surface area contributed by atoms with Gasteiger partial charge < -0.3 is 25.8 Å². The zero-order valence-corrected chi connectivity index (χ0v) is 19.7. The van der Waals surface area contributed by atoms with Gasteiger partial charge in [-0.2, -0.15) is 0 Å². The average molecular weight is 474 g/mol. The Balaban J connectivity index is 1.81. The van der Waals surface area contributed by atoms with Crippen molar-refractivity contribution >= 4 is 50.9 Å². The molecule has 180 valence electrons. The molecule has 0 spiro atoms. The second-order valence-corrected chi connectivity index (χ2v) is 7.77. The molecule has 3 aromatic carbocycles. The molecule has 1 aromatic heterocycles. The third-order valence-corrected chi connectivity index (χ3v) is 5.57. The first-order valence-corrected chi connectivity index (χ1v) is 11.2. The number of carbonyl (C=O) groups excluding carboxylic acids is 2. The Kier molecular flexibility index (Phi) is 6.98. The van der Waals surface area contributed by atoms with Crippen molar-refractivity contribution < 1.29 is 19.4 Å². The highest BCUT2D eigenvalue weighted by molar-refractivity contribution is 6.14. The van der Waals surface area contributed by atoms with Gasteiger partial charge in [-0.05, 0) is 43.3 Å². The third-order valence-electron chi connectivity index (χ3n) is 5.57. The number of ether oxygens (including phenoxy) is 1. The number of fused-ring (bicyclic) bond motifs is 2. The van der Waals surface area contributed by atoms with E-state index in [-0.39, 0.29) is 12.5 Å². The number of nitrogens with zero attached hydrogens (tertiary/aromatic N) is 1. The van der Waals surface area contributed by atoms with E-state index < -0.39 is 12.3 Å². The van der Waals surface area contributed by atoms with Crippen LogP contribution in [0.3, 0.4) is 0 Å². The van der Waals surface area contributed by atoms with Crippen molar-refractivity contribution in [1.29, 1.82) is 0 Å². The fourth-order valence-corrected chi connectivity index (χ4v) is 3.89. The Morgan fingerprint density at radius 1 is 1.00 bits per heavy atom. The number of carbonyl (C=O) groups is 2. The number of anilines is 3. The van der Waals surface area contributed by atoms with Crippen molar-refractivity contribution in [2.75, 3.05) is 36.7 Å². The molecule has 0 saturated heterocycles. The number of benzene rings is 3. The van der Waals surface area contributed by atoms with Gasteiger partial charge in [-0.15, -0.1) is 0 Å². The fourth-order valence-electron chi connectivity index (χ4n) is 3.89. The zero-order valence-electron chi connectivity index (χ0n) is 19.7. The largest absolute Gasteiger partial charge is 0.450 e. The van der Waals surface area contributed by atoms with Gasteiger partial charge in [0.2, 0.25) is 0 Å². The number of hydrogen-bond acceptors (Lipinski definition) is 7. The van der Waals surface area contributed by atoms with Gasteiger partial charge in [0.1, 0.15) is 0 Å². The molecule has 0 aliphatic carbocycles. The number of amides is 2. The normalized spacial score (nSPS) is 11.7. The van der Waals surface area contributed by atoms with Crippen LogP contribution in [-0.4, -0.2) is 42.8 Å². The molecular weight excluding hydrogens is 446 g/mol. The summed E-state index contributed by atoms with van der Waals surface area (Å²) in [5.41, 5.74) is 4.14. The number of aliphatic hydroxyl groups excluding tert-OH is 1. The number of aliphatic hydroxyl groups is 1. The van der Waals surface area contributed by atoms with Crippen molar-refractivity contribution in [2.45, 2.75) is 13.2 Å². The second-order valence-electron chi connectivity index (χ2n) is 7.77. The molecular formula is C26H27N5O4. The molecule has 5 N–H and O–H groups in total. The lowest BCUT2D eigenvalue weighted by atomic mass is 10.0. The summed E-state index contributed by atoms with van der Waals surface area (Å²) >= 11 is 0. The topological polar surface area (TPSA) is 125 Å². The standard InChI is InChI=1S/C26H27N5O4/c1-4-35-26(34)29-17-8-5-7-15(13-17)24(32)31-23-18-9-6-10-19(25(33)28-3)22(18)30-21-12-11-16(27-2)14-20(21)23/h5-14,24,27,32H,4H2,1-3H3,(H,28,33)(H,29,34)(H,30,31). The van der Waals surface area contributed by atoms with E-state index in [2.05, 4.69) is 21.3 Å². The molecule has 0 aliphatic heterocycles. The lowest BCUT2D eigenvalue weighted by Crippen LogP contribution is -2.18. The van der Waals surface area contributed by atoms with Crippen LogP contribution in [0.15, 0.2) is 60.7 Å². The van der Waals surface area contributed by atoms with Crippen LogP contribution >= 0.6 is 0 Å². The number of rotatable bonds is 7. The fraction of sp³-hybridized carbons (Fsp3) is 0.192. The number of para-hydroxylation sites is 1. The molecule has 1 atom stereocenters. The van der Waals surface area contributed by atoms with Gasteiger partial charge in [0.25, 0.3) is 5.91 Å². The monoisotopic (exact) mass is 473 g/mol. The van der Waals surface area contributed by atoms with Gasteiger partial charge in [0.15, 0.2) is 6.23 Å². The first-order chi connectivity index (χ1) is 16.9. The quantitative estimate of drug-likeness (QED) is 0.198.